The Hall–Kier alpha value is -4.42. The second-order valence-electron chi connectivity index (χ2n) is 9.41. The molecule has 0 spiro atoms. The molecule has 0 aliphatic heterocycles. The van der Waals surface area contributed by atoms with Crippen molar-refractivity contribution < 1.29 is 13.2 Å². The Morgan fingerprint density at radius 1 is 0.925 bits per heavy atom. The number of aromatic nitrogens is 6. The number of rotatable bonds is 8. The number of anilines is 1. The molecule has 0 saturated heterocycles. The van der Waals surface area contributed by atoms with Crippen LogP contribution in [0, 0.1) is 20.8 Å². The van der Waals surface area contributed by atoms with Crippen LogP contribution in [0.25, 0.3) is 22.5 Å². The first-order valence-corrected chi connectivity index (χ1v) is 14.3. The van der Waals surface area contributed by atoms with Gasteiger partial charge in [-0.05, 0) is 68.3 Å². The number of benzene rings is 2. The van der Waals surface area contributed by atoms with E-state index in [1.54, 1.807) is 35.5 Å². The van der Waals surface area contributed by atoms with Crippen LogP contribution in [0.2, 0.25) is 0 Å². The summed E-state index contributed by atoms with van der Waals surface area (Å²) in [5, 5.41) is 12.7. The van der Waals surface area contributed by atoms with Gasteiger partial charge in [0, 0.05) is 24.7 Å². The lowest BCUT2D eigenvalue weighted by Crippen LogP contribution is -2.30. The standard InChI is InChI=1S/C28H30N8O3S/c1-6-34(7-2)40(38,39)23-12-9-21(10-13-23)28(37)32-25-15-20(5)33-36(25)27-24-16-31-35(26(24)29-17-30-27)22-11-8-18(3)19(4)14-22/h8-17H,6-7H2,1-5H3,(H,32,37). The maximum atomic E-state index is 13.2. The average Bonchev–Trinajstić information content (AvgIpc) is 3.54. The van der Waals surface area contributed by atoms with E-state index in [4.69, 9.17) is 0 Å². The lowest BCUT2D eigenvalue weighted by molar-refractivity contribution is 0.102. The zero-order valence-corrected chi connectivity index (χ0v) is 23.8. The van der Waals surface area contributed by atoms with E-state index in [0.717, 1.165) is 11.3 Å². The highest BCUT2D eigenvalue weighted by Gasteiger charge is 2.22. The van der Waals surface area contributed by atoms with E-state index in [9.17, 15) is 13.2 Å². The number of aryl methyl sites for hydroxylation is 3. The Balaban J connectivity index is 1.46. The van der Waals surface area contributed by atoms with Gasteiger partial charge in [-0.25, -0.2) is 23.1 Å². The second kappa shape index (κ2) is 10.6. The van der Waals surface area contributed by atoms with Gasteiger partial charge in [-0.3, -0.25) is 4.79 Å². The number of nitrogens with zero attached hydrogens (tertiary/aromatic N) is 7. The minimum Gasteiger partial charge on any atom is -0.306 e. The lowest BCUT2D eigenvalue weighted by Gasteiger charge is -2.18. The number of carbonyl (C=O) groups is 1. The molecule has 11 nitrogen and oxygen atoms in total. The van der Waals surface area contributed by atoms with E-state index in [1.165, 1.54) is 40.5 Å². The van der Waals surface area contributed by atoms with Gasteiger partial charge >= 0.3 is 0 Å². The van der Waals surface area contributed by atoms with Gasteiger partial charge in [0.2, 0.25) is 10.0 Å². The minimum absolute atomic E-state index is 0.137. The normalized spacial score (nSPS) is 11.8. The van der Waals surface area contributed by atoms with E-state index in [-0.39, 0.29) is 4.90 Å². The largest absolute Gasteiger partial charge is 0.306 e. The minimum atomic E-state index is -3.62. The third-order valence-electron chi connectivity index (χ3n) is 6.81. The van der Waals surface area contributed by atoms with Crippen LogP contribution in [-0.4, -0.2) is 61.2 Å². The lowest BCUT2D eigenvalue weighted by atomic mass is 10.1. The SMILES string of the molecule is CCN(CC)S(=O)(=O)c1ccc(C(=O)Nc2cc(C)nn2-c2ncnc3c2cnn3-c2ccc(C)c(C)c2)cc1. The van der Waals surface area contributed by atoms with Gasteiger partial charge in [0.15, 0.2) is 11.5 Å². The average molecular weight is 559 g/mol. The van der Waals surface area contributed by atoms with Crippen molar-refractivity contribution in [2.45, 2.75) is 39.5 Å². The van der Waals surface area contributed by atoms with Crippen LogP contribution in [0.3, 0.4) is 0 Å². The van der Waals surface area contributed by atoms with Gasteiger partial charge < -0.3 is 5.32 Å². The highest BCUT2D eigenvalue weighted by Crippen LogP contribution is 2.25. The van der Waals surface area contributed by atoms with Crippen LogP contribution in [-0.2, 0) is 10.0 Å². The molecule has 0 aliphatic carbocycles. The maximum absolute atomic E-state index is 13.2. The summed E-state index contributed by atoms with van der Waals surface area (Å²) in [6.07, 6.45) is 3.12. The number of amides is 1. The first kappa shape index (κ1) is 27.2. The first-order chi connectivity index (χ1) is 19.1. The van der Waals surface area contributed by atoms with Gasteiger partial charge in [0.25, 0.3) is 5.91 Å². The van der Waals surface area contributed by atoms with Crippen LogP contribution in [0.15, 0.2) is 66.0 Å². The second-order valence-corrected chi connectivity index (χ2v) is 11.3. The summed E-state index contributed by atoms with van der Waals surface area (Å²) in [6, 6.07) is 13.7. The summed E-state index contributed by atoms with van der Waals surface area (Å²) in [4.78, 5) is 22.2. The number of hydrogen-bond donors (Lipinski definition) is 1. The summed E-state index contributed by atoms with van der Waals surface area (Å²) >= 11 is 0. The monoisotopic (exact) mass is 558 g/mol. The third-order valence-corrected chi connectivity index (χ3v) is 8.88. The molecule has 0 radical (unpaired) electrons. The van der Waals surface area contributed by atoms with Crippen LogP contribution in [0.1, 0.15) is 41.0 Å². The quantitative estimate of drug-likeness (QED) is 0.302. The zero-order chi connectivity index (χ0) is 28.6. The molecule has 206 valence electrons. The molecule has 3 heterocycles. The van der Waals surface area contributed by atoms with Gasteiger partial charge in [0.05, 0.1) is 27.9 Å². The summed E-state index contributed by atoms with van der Waals surface area (Å²) in [5.41, 5.74) is 4.77. The van der Waals surface area contributed by atoms with E-state index < -0.39 is 15.9 Å². The van der Waals surface area contributed by atoms with Gasteiger partial charge in [-0.1, -0.05) is 19.9 Å². The summed E-state index contributed by atoms with van der Waals surface area (Å²) < 4.78 is 30.3. The zero-order valence-electron chi connectivity index (χ0n) is 23.0. The predicted molar refractivity (Wildman–Crippen MR) is 152 cm³/mol. The Kier molecular flexibility index (Phi) is 7.21. The maximum Gasteiger partial charge on any atom is 0.256 e. The van der Waals surface area contributed by atoms with Crippen molar-refractivity contribution in [3.8, 4) is 11.5 Å². The van der Waals surface area contributed by atoms with Crippen molar-refractivity contribution in [2.24, 2.45) is 0 Å². The van der Waals surface area contributed by atoms with E-state index in [2.05, 4.69) is 32.4 Å². The van der Waals surface area contributed by atoms with Crippen LogP contribution in [0.5, 0.6) is 0 Å². The van der Waals surface area contributed by atoms with E-state index >= 15 is 0 Å². The Labute approximate surface area is 232 Å². The molecule has 12 heteroatoms. The molecule has 5 rings (SSSR count). The van der Waals surface area contributed by atoms with Crippen LogP contribution >= 0.6 is 0 Å². The number of fused-ring (bicyclic) bond motifs is 1. The molecule has 0 saturated carbocycles. The molecule has 3 aromatic heterocycles. The fourth-order valence-corrected chi connectivity index (χ4v) is 5.93. The van der Waals surface area contributed by atoms with Gasteiger partial charge in [-0.15, -0.1) is 0 Å². The van der Waals surface area contributed by atoms with Crippen molar-refractivity contribution in [1.29, 1.82) is 0 Å². The molecule has 1 N–H and O–H groups in total. The number of nitrogens with one attached hydrogen (secondary N) is 1. The Morgan fingerprint density at radius 3 is 2.33 bits per heavy atom. The fraction of sp³-hybridized carbons (Fsp3) is 0.250. The summed E-state index contributed by atoms with van der Waals surface area (Å²) in [6.45, 7) is 10.2. The van der Waals surface area contributed by atoms with Gasteiger partial charge in [0.1, 0.15) is 12.1 Å². The molecule has 0 aliphatic rings. The van der Waals surface area contributed by atoms with E-state index in [0.29, 0.717) is 47.0 Å². The van der Waals surface area contributed by atoms with Crippen molar-refractivity contribution in [3.63, 3.8) is 0 Å². The highest BCUT2D eigenvalue weighted by molar-refractivity contribution is 7.89. The first-order valence-electron chi connectivity index (χ1n) is 12.9. The number of carbonyl (C=O) groups excluding carboxylic acids is 1. The predicted octanol–water partition coefficient (Wildman–Crippen LogP) is 4.21. The molecular formula is C28H30N8O3S. The third kappa shape index (κ3) is 4.87. The van der Waals surface area contributed by atoms with E-state index in [1.807, 2.05) is 32.0 Å². The molecule has 1 amide bonds. The molecule has 40 heavy (non-hydrogen) atoms. The van der Waals surface area contributed by atoms with Crippen molar-refractivity contribution in [3.05, 3.63) is 83.4 Å². The fourth-order valence-electron chi connectivity index (χ4n) is 4.48. The Bertz CT molecular complexity index is 1820. The van der Waals surface area contributed by atoms with Crippen LogP contribution < -0.4 is 5.32 Å². The molecule has 0 unspecified atom stereocenters. The molecule has 2 aromatic carbocycles. The summed E-state index contributed by atoms with van der Waals surface area (Å²) in [5.74, 6) is 0.453. The van der Waals surface area contributed by atoms with Crippen LogP contribution in [0.4, 0.5) is 5.82 Å². The molecule has 0 bridgehead atoms. The number of hydrogen-bond acceptors (Lipinski definition) is 7. The van der Waals surface area contributed by atoms with Gasteiger partial charge in [-0.2, -0.15) is 19.2 Å². The topological polar surface area (TPSA) is 128 Å². The number of sulfonamides is 1. The smallest absolute Gasteiger partial charge is 0.256 e. The summed E-state index contributed by atoms with van der Waals surface area (Å²) in [7, 11) is -3.62. The van der Waals surface area contributed by atoms with Crippen molar-refractivity contribution in [2.75, 3.05) is 18.4 Å². The molecule has 5 aromatic rings. The molecular weight excluding hydrogens is 528 g/mol. The van der Waals surface area contributed by atoms with Crippen molar-refractivity contribution in [1.82, 2.24) is 33.8 Å². The highest BCUT2D eigenvalue weighted by atomic mass is 32.2. The Morgan fingerprint density at radius 2 is 1.65 bits per heavy atom. The molecule has 0 atom stereocenters. The van der Waals surface area contributed by atoms with Crippen molar-refractivity contribution >= 4 is 32.8 Å². The molecule has 0 fully saturated rings.